The number of urea groups is 1. The average molecular weight is 418 g/mol. The maximum absolute atomic E-state index is 13.3. The van der Waals surface area contributed by atoms with Crippen molar-refractivity contribution in [2.24, 2.45) is 0 Å². The lowest BCUT2D eigenvalue weighted by atomic mass is 9.98. The van der Waals surface area contributed by atoms with Crippen LogP contribution in [0.25, 0.3) is 0 Å². The van der Waals surface area contributed by atoms with Crippen molar-refractivity contribution in [2.45, 2.75) is 19.4 Å². The van der Waals surface area contributed by atoms with Gasteiger partial charge in [-0.1, -0.05) is 0 Å². The molecule has 29 heavy (non-hydrogen) atoms. The molecule has 0 bridgehead atoms. The number of amides is 4. The Balaban J connectivity index is 1.53. The zero-order chi connectivity index (χ0) is 20.5. The van der Waals surface area contributed by atoms with Crippen LogP contribution in [0, 0.1) is 0 Å². The Kier molecular flexibility index (Phi) is 5.60. The van der Waals surface area contributed by atoms with Crippen molar-refractivity contribution in [3.05, 3.63) is 33.7 Å². The second kappa shape index (κ2) is 8.16. The molecule has 0 aromatic carbocycles. The minimum absolute atomic E-state index is 0.0251. The third-order valence-electron chi connectivity index (χ3n) is 5.89. The fourth-order valence-corrected chi connectivity index (χ4v) is 4.95. The number of nitrogens with zero attached hydrogens (tertiary/aromatic N) is 4. The molecule has 156 valence electrons. The second-order valence-corrected chi connectivity index (χ2v) is 8.52. The first-order valence-electron chi connectivity index (χ1n) is 10.1. The summed E-state index contributed by atoms with van der Waals surface area (Å²) in [6.07, 6.45) is 0.938. The molecule has 4 rings (SSSR count). The van der Waals surface area contributed by atoms with Gasteiger partial charge < -0.3 is 20.0 Å². The van der Waals surface area contributed by atoms with E-state index in [2.05, 4.69) is 17.3 Å². The number of thiophene rings is 1. The van der Waals surface area contributed by atoms with Crippen LogP contribution >= 0.6 is 11.3 Å². The van der Waals surface area contributed by atoms with Gasteiger partial charge in [0.15, 0.2) is 0 Å². The van der Waals surface area contributed by atoms with Gasteiger partial charge in [0.25, 0.3) is 5.91 Å². The molecule has 1 unspecified atom stereocenters. The highest BCUT2D eigenvalue weighted by Crippen LogP contribution is 2.36. The number of carbonyl (C=O) groups is 3. The van der Waals surface area contributed by atoms with Crippen LogP contribution in [0.2, 0.25) is 0 Å². The van der Waals surface area contributed by atoms with Gasteiger partial charge >= 0.3 is 6.03 Å². The van der Waals surface area contributed by atoms with Crippen LogP contribution in [-0.4, -0.2) is 90.3 Å². The van der Waals surface area contributed by atoms with Crippen LogP contribution in [0.15, 0.2) is 28.1 Å². The monoisotopic (exact) mass is 417 g/mol. The Labute approximate surface area is 174 Å². The van der Waals surface area contributed by atoms with E-state index in [1.807, 2.05) is 28.7 Å². The summed E-state index contributed by atoms with van der Waals surface area (Å²) in [5.41, 5.74) is 2.22. The maximum Gasteiger partial charge on any atom is 0.322 e. The minimum atomic E-state index is -0.453. The van der Waals surface area contributed by atoms with Gasteiger partial charge in [-0.25, -0.2) is 4.79 Å². The molecular formula is C20H27N5O3S. The summed E-state index contributed by atoms with van der Waals surface area (Å²) in [5, 5.41) is 6.85. The van der Waals surface area contributed by atoms with Crippen molar-refractivity contribution in [1.29, 1.82) is 0 Å². The molecule has 8 nitrogen and oxygen atoms in total. The van der Waals surface area contributed by atoms with Gasteiger partial charge in [0, 0.05) is 26.2 Å². The Hall–Kier alpha value is -2.39. The van der Waals surface area contributed by atoms with Crippen molar-refractivity contribution in [1.82, 2.24) is 24.9 Å². The summed E-state index contributed by atoms with van der Waals surface area (Å²) < 4.78 is 0. The molecule has 1 aromatic rings. The predicted octanol–water partition coefficient (Wildman–Crippen LogP) is 1.09. The fourth-order valence-electron chi connectivity index (χ4n) is 4.26. The summed E-state index contributed by atoms with van der Waals surface area (Å²) >= 11 is 1.53. The molecule has 4 heterocycles. The van der Waals surface area contributed by atoms with E-state index in [-0.39, 0.29) is 24.4 Å². The van der Waals surface area contributed by atoms with Gasteiger partial charge in [-0.2, -0.15) is 11.3 Å². The van der Waals surface area contributed by atoms with Crippen LogP contribution in [0.1, 0.15) is 24.9 Å². The number of likely N-dealkylation sites (N-methyl/N-ethyl adjacent to an activating group) is 2. The van der Waals surface area contributed by atoms with Crippen LogP contribution in [-0.2, 0) is 9.59 Å². The number of rotatable bonds is 4. The third kappa shape index (κ3) is 3.76. The van der Waals surface area contributed by atoms with Crippen LogP contribution in [0.4, 0.5) is 4.79 Å². The molecular weight excluding hydrogens is 390 g/mol. The number of hydrogen-bond acceptors (Lipinski definition) is 5. The largest absolute Gasteiger partial charge is 0.340 e. The van der Waals surface area contributed by atoms with E-state index < -0.39 is 6.04 Å². The van der Waals surface area contributed by atoms with Gasteiger partial charge in [0.05, 0.1) is 23.9 Å². The highest BCUT2D eigenvalue weighted by Gasteiger charge is 2.44. The summed E-state index contributed by atoms with van der Waals surface area (Å²) in [4.78, 5) is 46.0. The minimum Gasteiger partial charge on any atom is -0.340 e. The predicted molar refractivity (Wildman–Crippen MR) is 110 cm³/mol. The van der Waals surface area contributed by atoms with Crippen molar-refractivity contribution < 1.29 is 14.4 Å². The Morgan fingerprint density at radius 3 is 2.79 bits per heavy atom. The van der Waals surface area contributed by atoms with Crippen LogP contribution in [0.5, 0.6) is 0 Å². The van der Waals surface area contributed by atoms with Crippen molar-refractivity contribution in [2.75, 3.05) is 52.9 Å². The zero-order valence-electron chi connectivity index (χ0n) is 16.9. The van der Waals surface area contributed by atoms with E-state index >= 15 is 0 Å². The summed E-state index contributed by atoms with van der Waals surface area (Å²) in [7, 11) is 2.06. The second-order valence-electron chi connectivity index (χ2n) is 7.74. The maximum atomic E-state index is 13.3. The molecule has 1 aromatic heterocycles. The van der Waals surface area contributed by atoms with Gasteiger partial charge in [0.2, 0.25) is 5.91 Å². The fraction of sp³-hybridized carbons (Fsp3) is 0.550. The lowest BCUT2D eigenvalue weighted by Gasteiger charge is -2.32. The van der Waals surface area contributed by atoms with Gasteiger partial charge in [0.1, 0.15) is 6.54 Å². The average Bonchev–Trinajstić information content (AvgIpc) is 3.27. The smallest absolute Gasteiger partial charge is 0.322 e. The highest BCUT2D eigenvalue weighted by molar-refractivity contribution is 7.08. The molecule has 9 heteroatoms. The summed E-state index contributed by atoms with van der Waals surface area (Å²) in [6, 6.07) is 1.28. The number of hydrogen-bond donors (Lipinski definition) is 1. The molecule has 0 aliphatic carbocycles. The molecule has 1 N–H and O–H groups in total. The SMILES string of the molecule is CCN1C(=O)NC(c2ccsc2)C2=C1CN(CC(=O)N1CCCN(C)CC1)C2=O. The van der Waals surface area contributed by atoms with E-state index in [1.54, 1.807) is 9.80 Å². The summed E-state index contributed by atoms with van der Waals surface area (Å²) in [6.45, 7) is 5.95. The van der Waals surface area contributed by atoms with E-state index in [4.69, 9.17) is 0 Å². The molecule has 0 saturated carbocycles. The van der Waals surface area contributed by atoms with Crippen molar-refractivity contribution >= 4 is 29.2 Å². The molecule has 0 radical (unpaired) electrons. The molecule has 1 saturated heterocycles. The van der Waals surface area contributed by atoms with Crippen molar-refractivity contribution in [3.63, 3.8) is 0 Å². The van der Waals surface area contributed by atoms with E-state index in [9.17, 15) is 14.4 Å². The summed E-state index contributed by atoms with van der Waals surface area (Å²) in [5.74, 6) is -0.183. The first-order chi connectivity index (χ1) is 14.0. The third-order valence-corrected chi connectivity index (χ3v) is 6.59. The number of carbonyl (C=O) groups excluding carboxylic acids is 3. The Morgan fingerprint density at radius 2 is 2.07 bits per heavy atom. The first kappa shape index (κ1) is 19.9. The topological polar surface area (TPSA) is 76.2 Å². The molecule has 0 spiro atoms. The standard InChI is InChI=1S/C20H27N5O3S/c1-3-25-15-11-24(12-16(26)23-7-4-6-22(2)8-9-23)19(27)17(15)18(21-20(25)28)14-5-10-29-13-14/h5,10,13,18H,3-4,6-9,11-12H2,1-2H3,(H,21,28). The Morgan fingerprint density at radius 1 is 1.24 bits per heavy atom. The van der Waals surface area contributed by atoms with Crippen molar-refractivity contribution in [3.8, 4) is 0 Å². The Bertz CT molecular complexity index is 837. The molecule has 4 amide bonds. The molecule has 1 fully saturated rings. The van der Waals surface area contributed by atoms with Gasteiger partial charge in [-0.15, -0.1) is 0 Å². The van der Waals surface area contributed by atoms with Crippen LogP contribution < -0.4 is 5.32 Å². The number of nitrogens with one attached hydrogen (secondary N) is 1. The highest BCUT2D eigenvalue weighted by atomic mass is 32.1. The lowest BCUT2D eigenvalue weighted by molar-refractivity contribution is -0.137. The molecule has 3 aliphatic heterocycles. The zero-order valence-corrected chi connectivity index (χ0v) is 17.7. The van der Waals surface area contributed by atoms with Crippen LogP contribution in [0.3, 0.4) is 0 Å². The van der Waals surface area contributed by atoms with E-state index in [0.29, 0.717) is 25.2 Å². The van der Waals surface area contributed by atoms with E-state index in [0.717, 1.165) is 37.3 Å². The van der Waals surface area contributed by atoms with E-state index in [1.165, 1.54) is 11.3 Å². The van der Waals surface area contributed by atoms with Gasteiger partial charge in [-0.05, 0) is 49.3 Å². The molecule has 3 aliphatic rings. The normalized spacial score (nSPS) is 23.4. The lowest BCUT2D eigenvalue weighted by Crippen LogP contribution is -2.47. The first-order valence-corrected chi connectivity index (χ1v) is 11.0. The van der Waals surface area contributed by atoms with Gasteiger partial charge in [-0.3, -0.25) is 14.5 Å². The molecule has 1 atom stereocenters. The quantitative estimate of drug-likeness (QED) is 0.796.